The number of aryl methyl sites for hydroxylation is 1. The van der Waals surface area contributed by atoms with E-state index in [1.54, 1.807) is 0 Å². The summed E-state index contributed by atoms with van der Waals surface area (Å²) in [5.41, 5.74) is 7.23. The summed E-state index contributed by atoms with van der Waals surface area (Å²) in [4.78, 5) is 4.29. The maximum Gasteiger partial charge on any atom is 0.119 e. The van der Waals surface area contributed by atoms with E-state index in [2.05, 4.69) is 30.1 Å². The number of rotatable bonds is 4. The summed E-state index contributed by atoms with van der Waals surface area (Å²) in [7, 11) is 0. The number of aromatic nitrogens is 1. The lowest BCUT2D eigenvalue weighted by Gasteiger charge is -2.26. The van der Waals surface area contributed by atoms with Gasteiger partial charge in [0.15, 0.2) is 0 Å². The third-order valence-electron chi connectivity index (χ3n) is 4.57. The van der Waals surface area contributed by atoms with Crippen LogP contribution in [0.4, 0.5) is 0 Å². The molecule has 3 nitrogen and oxygen atoms in total. The number of ether oxygens (including phenoxy) is 1. The van der Waals surface area contributed by atoms with Gasteiger partial charge in [0.2, 0.25) is 0 Å². The second-order valence-corrected chi connectivity index (χ2v) is 6.13. The molecule has 3 heteroatoms. The number of nitrogens with two attached hydrogens (primary N) is 1. The Balaban J connectivity index is 1.69. The van der Waals surface area contributed by atoms with Crippen LogP contribution in [0.1, 0.15) is 38.2 Å². The molecule has 0 spiro atoms. The van der Waals surface area contributed by atoms with Gasteiger partial charge in [-0.1, -0.05) is 6.92 Å². The molecule has 0 atom stereocenters. The third kappa shape index (κ3) is 3.35. The molecule has 1 aromatic carbocycles. The van der Waals surface area contributed by atoms with Crippen molar-refractivity contribution >= 4 is 10.8 Å². The molecule has 1 saturated carbocycles. The Kier molecular flexibility index (Phi) is 4.39. The third-order valence-corrected chi connectivity index (χ3v) is 4.57. The van der Waals surface area contributed by atoms with Crippen LogP contribution in [0.2, 0.25) is 0 Å². The van der Waals surface area contributed by atoms with Crippen molar-refractivity contribution in [1.29, 1.82) is 0 Å². The zero-order valence-electron chi connectivity index (χ0n) is 12.7. The minimum absolute atomic E-state index is 0.404. The van der Waals surface area contributed by atoms with Crippen molar-refractivity contribution in [2.24, 2.45) is 11.7 Å². The summed E-state index contributed by atoms with van der Waals surface area (Å²) in [5, 5.41) is 2.45. The molecule has 0 saturated heterocycles. The van der Waals surface area contributed by atoms with Gasteiger partial charge in [0.05, 0.1) is 6.61 Å². The van der Waals surface area contributed by atoms with Gasteiger partial charge in [-0.3, -0.25) is 4.98 Å². The molecule has 3 rings (SSSR count). The van der Waals surface area contributed by atoms with Crippen molar-refractivity contribution in [2.75, 3.05) is 6.61 Å². The normalized spacial score (nSPS) is 22.4. The molecular weight excluding hydrogens is 260 g/mol. The van der Waals surface area contributed by atoms with Crippen molar-refractivity contribution in [2.45, 2.75) is 45.1 Å². The van der Waals surface area contributed by atoms with Gasteiger partial charge in [0.25, 0.3) is 0 Å². The summed E-state index contributed by atoms with van der Waals surface area (Å²) >= 11 is 0. The van der Waals surface area contributed by atoms with Crippen LogP contribution in [-0.2, 0) is 6.42 Å². The predicted molar refractivity (Wildman–Crippen MR) is 86.5 cm³/mol. The van der Waals surface area contributed by atoms with E-state index in [4.69, 9.17) is 10.5 Å². The molecule has 2 N–H and O–H groups in total. The molecule has 0 amide bonds. The average molecular weight is 284 g/mol. The summed E-state index contributed by atoms with van der Waals surface area (Å²) in [6.07, 6.45) is 9.52. The Morgan fingerprint density at radius 3 is 2.76 bits per heavy atom. The first kappa shape index (κ1) is 14.3. The van der Waals surface area contributed by atoms with Gasteiger partial charge in [-0.2, -0.15) is 0 Å². The Hall–Kier alpha value is -1.61. The highest BCUT2D eigenvalue weighted by atomic mass is 16.5. The minimum atomic E-state index is 0.404. The lowest BCUT2D eigenvalue weighted by atomic mass is 9.87. The van der Waals surface area contributed by atoms with Crippen LogP contribution in [0.5, 0.6) is 5.75 Å². The van der Waals surface area contributed by atoms with Crippen LogP contribution in [0.3, 0.4) is 0 Å². The van der Waals surface area contributed by atoms with Gasteiger partial charge in [0, 0.05) is 23.8 Å². The van der Waals surface area contributed by atoms with Gasteiger partial charge in [-0.05, 0) is 67.2 Å². The maximum atomic E-state index is 6.03. The molecule has 1 aromatic heterocycles. The topological polar surface area (TPSA) is 48.1 Å². The van der Waals surface area contributed by atoms with Gasteiger partial charge in [-0.25, -0.2) is 0 Å². The first-order chi connectivity index (χ1) is 10.3. The molecule has 1 fully saturated rings. The van der Waals surface area contributed by atoms with E-state index >= 15 is 0 Å². The minimum Gasteiger partial charge on any atom is -0.493 e. The first-order valence-corrected chi connectivity index (χ1v) is 8.01. The molecule has 1 aliphatic rings. The zero-order chi connectivity index (χ0) is 14.7. The Bertz CT molecular complexity index is 603. The van der Waals surface area contributed by atoms with Crippen LogP contribution in [0.25, 0.3) is 10.8 Å². The highest BCUT2D eigenvalue weighted by molar-refractivity contribution is 5.86. The molecule has 112 valence electrons. The molecular formula is C18H24N2O. The first-order valence-electron chi connectivity index (χ1n) is 8.01. The number of nitrogens with zero attached hydrogens (tertiary/aromatic N) is 1. The van der Waals surface area contributed by atoms with Gasteiger partial charge in [-0.15, -0.1) is 0 Å². The maximum absolute atomic E-state index is 6.03. The molecule has 0 bridgehead atoms. The lowest BCUT2D eigenvalue weighted by molar-refractivity contribution is 0.201. The monoisotopic (exact) mass is 284 g/mol. The highest BCUT2D eigenvalue weighted by Gasteiger charge is 2.19. The van der Waals surface area contributed by atoms with Crippen molar-refractivity contribution in [3.8, 4) is 5.75 Å². The molecule has 2 aromatic rings. The lowest BCUT2D eigenvalue weighted by Crippen LogP contribution is -2.28. The van der Waals surface area contributed by atoms with E-state index in [1.165, 1.54) is 29.2 Å². The summed E-state index contributed by atoms with van der Waals surface area (Å²) in [5.74, 6) is 1.63. The molecule has 1 heterocycles. The van der Waals surface area contributed by atoms with Gasteiger partial charge in [0.1, 0.15) is 5.75 Å². The van der Waals surface area contributed by atoms with E-state index < -0.39 is 0 Å². The second kappa shape index (κ2) is 6.44. The Morgan fingerprint density at radius 1 is 1.19 bits per heavy atom. The van der Waals surface area contributed by atoms with Crippen molar-refractivity contribution < 1.29 is 4.74 Å². The fraction of sp³-hybridized carbons (Fsp3) is 0.500. The number of pyridine rings is 1. The largest absolute Gasteiger partial charge is 0.493 e. The van der Waals surface area contributed by atoms with E-state index in [0.717, 1.165) is 31.6 Å². The fourth-order valence-electron chi connectivity index (χ4n) is 3.14. The smallest absolute Gasteiger partial charge is 0.119 e. The van der Waals surface area contributed by atoms with Crippen molar-refractivity contribution in [3.05, 3.63) is 36.2 Å². The average Bonchev–Trinajstić information content (AvgIpc) is 2.53. The van der Waals surface area contributed by atoms with Crippen LogP contribution < -0.4 is 10.5 Å². The van der Waals surface area contributed by atoms with Crippen LogP contribution >= 0.6 is 0 Å². The number of hydrogen-bond donors (Lipinski definition) is 1. The number of hydrogen-bond acceptors (Lipinski definition) is 3. The number of benzene rings is 1. The quantitative estimate of drug-likeness (QED) is 0.931. The summed E-state index contributed by atoms with van der Waals surface area (Å²) in [6, 6.07) is 6.72. The van der Waals surface area contributed by atoms with Gasteiger partial charge >= 0.3 is 0 Å². The van der Waals surface area contributed by atoms with Crippen molar-refractivity contribution in [1.82, 2.24) is 4.98 Å². The van der Waals surface area contributed by atoms with Crippen molar-refractivity contribution in [3.63, 3.8) is 0 Å². The van der Waals surface area contributed by atoms with Gasteiger partial charge < -0.3 is 10.5 Å². The SMILES string of the molecule is CCc1cncc2ccc(OCC3CCC(N)CC3)cc12. The number of fused-ring (bicyclic) bond motifs is 1. The van der Waals surface area contributed by atoms with E-state index in [-0.39, 0.29) is 0 Å². The van der Waals surface area contributed by atoms with E-state index in [9.17, 15) is 0 Å². The Morgan fingerprint density at radius 2 is 2.00 bits per heavy atom. The zero-order valence-corrected chi connectivity index (χ0v) is 12.7. The fourth-order valence-corrected chi connectivity index (χ4v) is 3.14. The van der Waals surface area contributed by atoms with E-state index in [1.807, 2.05) is 12.4 Å². The molecule has 0 aliphatic heterocycles. The standard InChI is InChI=1S/C18H24N2O/c1-2-14-10-20-11-15-5-8-17(9-18(14)15)21-12-13-3-6-16(19)7-4-13/h5,8-11,13,16H,2-4,6-7,12,19H2,1H3. The van der Waals surface area contributed by atoms with Crippen LogP contribution in [0.15, 0.2) is 30.6 Å². The molecule has 1 aliphatic carbocycles. The summed E-state index contributed by atoms with van der Waals surface area (Å²) < 4.78 is 6.03. The van der Waals surface area contributed by atoms with Crippen LogP contribution in [-0.4, -0.2) is 17.6 Å². The van der Waals surface area contributed by atoms with E-state index in [0.29, 0.717) is 12.0 Å². The molecule has 0 unspecified atom stereocenters. The second-order valence-electron chi connectivity index (χ2n) is 6.13. The van der Waals surface area contributed by atoms with Crippen LogP contribution in [0, 0.1) is 5.92 Å². The predicted octanol–water partition coefficient (Wildman–Crippen LogP) is 3.69. The highest BCUT2D eigenvalue weighted by Crippen LogP contribution is 2.27. The summed E-state index contributed by atoms with van der Waals surface area (Å²) in [6.45, 7) is 2.97. The molecule has 0 radical (unpaired) electrons. The molecule has 21 heavy (non-hydrogen) atoms. The Labute approximate surface area is 126 Å².